The summed E-state index contributed by atoms with van der Waals surface area (Å²) in [7, 11) is 0. The number of amides is 2. The van der Waals surface area contributed by atoms with E-state index in [0.29, 0.717) is 44.1 Å². The maximum atomic E-state index is 12.9. The molecule has 0 atom stereocenters. The predicted molar refractivity (Wildman–Crippen MR) is 111 cm³/mol. The molecular weight excluding hydrogens is 390 g/mol. The minimum absolute atomic E-state index is 0.349. The molecule has 0 radical (unpaired) electrons. The summed E-state index contributed by atoms with van der Waals surface area (Å²) in [5.41, 5.74) is 7.52. The smallest absolute Gasteiger partial charge is 0.273 e. The van der Waals surface area contributed by atoms with Gasteiger partial charge in [-0.1, -0.05) is 48.0 Å². The number of fused-ring (bicyclic) bond motifs is 1. The number of carbonyl (C=O) groups excluding carboxylic acids is 2. The fourth-order valence-corrected chi connectivity index (χ4v) is 3.27. The summed E-state index contributed by atoms with van der Waals surface area (Å²) in [6.07, 6.45) is 1.41. The summed E-state index contributed by atoms with van der Waals surface area (Å²) in [6.45, 7) is 1.67. The summed E-state index contributed by atoms with van der Waals surface area (Å²) in [6, 6.07) is 17.8. The van der Waals surface area contributed by atoms with Crippen molar-refractivity contribution in [2.24, 2.45) is 0 Å². The highest BCUT2D eigenvalue weighted by Crippen LogP contribution is 2.29. The van der Waals surface area contributed by atoms with E-state index in [1.165, 1.54) is 12.3 Å². The second kappa shape index (κ2) is 7.77. The monoisotopic (exact) mass is 405 g/mol. The number of aryl methyl sites for hydroxylation is 1. The number of para-hydroxylation sites is 1. The maximum Gasteiger partial charge on any atom is 0.273 e. The van der Waals surface area contributed by atoms with Gasteiger partial charge >= 0.3 is 0 Å². The van der Waals surface area contributed by atoms with Crippen LogP contribution in [0.25, 0.3) is 22.2 Å². The normalized spacial score (nSPS) is 10.7. The maximum absolute atomic E-state index is 12.9. The number of rotatable bonds is 3. The number of aromatic nitrogens is 1. The van der Waals surface area contributed by atoms with Crippen molar-refractivity contribution in [1.29, 1.82) is 0 Å². The van der Waals surface area contributed by atoms with Crippen molar-refractivity contribution in [1.82, 2.24) is 15.8 Å². The summed E-state index contributed by atoms with van der Waals surface area (Å²) >= 11 is 6.31. The first-order valence-corrected chi connectivity index (χ1v) is 9.22. The Kier molecular flexibility index (Phi) is 5.01. The summed E-state index contributed by atoms with van der Waals surface area (Å²) in [4.78, 5) is 29.8. The van der Waals surface area contributed by atoms with E-state index in [0.717, 1.165) is 0 Å². The van der Waals surface area contributed by atoms with Crippen LogP contribution in [0, 0.1) is 6.92 Å². The van der Waals surface area contributed by atoms with Gasteiger partial charge in [0.15, 0.2) is 0 Å². The lowest BCUT2D eigenvalue weighted by atomic mass is 10.0. The van der Waals surface area contributed by atoms with Crippen LogP contribution in [0.3, 0.4) is 0 Å². The first-order valence-electron chi connectivity index (χ1n) is 8.84. The molecule has 2 aromatic heterocycles. The topological polar surface area (TPSA) is 84.2 Å². The zero-order valence-electron chi connectivity index (χ0n) is 15.4. The Bertz CT molecular complexity index is 1230. The van der Waals surface area contributed by atoms with Gasteiger partial charge in [0.2, 0.25) is 0 Å². The minimum Gasteiger partial charge on any atom is -0.469 e. The number of hydrogen-bond acceptors (Lipinski definition) is 4. The van der Waals surface area contributed by atoms with Gasteiger partial charge in [0.05, 0.1) is 28.6 Å². The van der Waals surface area contributed by atoms with Crippen molar-refractivity contribution in [3.63, 3.8) is 0 Å². The molecule has 7 heteroatoms. The number of hydrogen-bond donors (Lipinski definition) is 2. The van der Waals surface area contributed by atoms with Crippen molar-refractivity contribution < 1.29 is 14.0 Å². The Morgan fingerprint density at radius 3 is 2.34 bits per heavy atom. The third-order valence-electron chi connectivity index (χ3n) is 4.50. The number of carbonyl (C=O) groups is 2. The highest BCUT2D eigenvalue weighted by Gasteiger charge is 2.17. The van der Waals surface area contributed by atoms with Crippen LogP contribution in [-0.2, 0) is 0 Å². The number of pyridine rings is 1. The van der Waals surface area contributed by atoms with Crippen LogP contribution >= 0.6 is 11.6 Å². The number of nitrogens with zero attached hydrogens (tertiary/aromatic N) is 1. The van der Waals surface area contributed by atoms with Crippen molar-refractivity contribution in [2.75, 3.05) is 0 Å². The molecule has 29 heavy (non-hydrogen) atoms. The molecule has 0 saturated carbocycles. The summed E-state index contributed by atoms with van der Waals surface area (Å²) in [5, 5.41) is 1.19. The molecule has 0 bridgehead atoms. The number of furan rings is 1. The molecular formula is C22H16ClN3O3. The number of nitrogens with one attached hydrogen (secondary N) is 2. The van der Waals surface area contributed by atoms with Crippen molar-refractivity contribution in [3.05, 3.63) is 88.8 Å². The van der Waals surface area contributed by atoms with Gasteiger partial charge in [-0.25, -0.2) is 4.98 Å². The standard InChI is InChI=1S/C22H16ClN3O3/c1-13-14(10-11-29-13)21(27)25-26-22(28)17-12-20(16-7-2-4-8-18(16)23)24-19-9-5-3-6-15(17)19/h2-12H,1H3,(H,25,27)(H,26,28). The lowest BCUT2D eigenvalue weighted by Gasteiger charge is -2.12. The lowest BCUT2D eigenvalue weighted by Crippen LogP contribution is -2.41. The summed E-state index contributed by atoms with van der Waals surface area (Å²) in [5.74, 6) is -0.465. The van der Waals surface area contributed by atoms with E-state index < -0.39 is 11.8 Å². The molecule has 0 aliphatic heterocycles. The van der Waals surface area contributed by atoms with Crippen LogP contribution in [0.5, 0.6) is 0 Å². The van der Waals surface area contributed by atoms with E-state index in [9.17, 15) is 9.59 Å². The number of benzene rings is 2. The molecule has 0 spiro atoms. The van der Waals surface area contributed by atoms with Crippen molar-refractivity contribution in [3.8, 4) is 11.3 Å². The molecule has 0 aliphatic carbocycles. The van der Waals surface area contributed by atoms with Gasteiger partial charge in [-0.2, -0.15) is 0 Å². The van der Waals surface area contributed by atoms with Gasteiger partial charge in [0.25, 0.3) is 11.8 Å². The third kappa shape index (κ3) is 3.70. The third-order valence-corrected chi connectivity index (χ3v) is 4.83. The Hall–Kier alpha value is -3.64. The molecule has 144 valence electrons. The Labute approximate surface area is 171 Å². The van der Waals surface area contributed by atoms with Crippen molar-refractivity contribution >= 4 is 34.3 Å². The lowest BCUT2D eigenvalue weighted by molar-refractivity contribution is 0.0846. The van der Waals surface area contributed by atoms with Gasteiger partial charge in [0.1, 0.15) is 5.76 Å². The van der Waals surface area contributed by atoms with E-state index in [1.54, 1.807) is 25.1 Å². The molecule has 2 aromatic carbocycles. The molecule has 0 saturated heterocycles. The fourth-order valence-electron chi connectivity index (χ4n) is 3.04. The molecule has 2 N–H and O–H groups in total. The zero-order chi connectivity index (χ0) is 20.4. The predicted octanol–water partition coefficient (Wildman–Crippen LogP) is 4.53. The SMILES string of the molecule is Cc1occc1C(=O)NNC(=O)c1cc(-c2ccccc2Cl)nc2ccccc12. The highest BCUT2D eigenvalue weighted by atomic mass is 35.5. The molecule has 0 fully saturated rings. The van der Waals surface area contributed by atoms with E-state index in [2.05, 4.69) is 15.8 Å². The molecule has 2 amide bonds. The average molecular weight is 406 g/mol. The minimum atomic E-state index is -0.466. The first-order chi connectivity index (χ1) is 14.0. The van der Waals surface area contributed by atoms with Gasteiger partial charge in [-0.3, -0.25) is 20.4 Å². The van der Waals surface area contributed by atoms with Gasteiger partial charge in [0, 0.05) is 16.0 Å². The van der Waals surface area contributed by atoms with E-state index >= 15 is 0 Å². The van der Waals surface area contributed by atoms with E-state index in [1.807, 2.05) is 36.4 Å². The van der Waals surface area contributed by atoms with Crippen LogP contribution in [-0.4, -0.2) is 16.8 Å². The van der Waals surface area contributed by atoms with E-state index in [-0.39, 0.29) is 0 Å². The van der Waals surface area contributed by atoms with Crippen LogP contribution in [0.15, 0.2) is 71.3 Å². The Balaban J connectivity index is 1.68. The van der Waals surface area contributed by atoms with E-state index in [4.69, 9.17) is 16.0 Å². The molecule has 4 rings (SSSR count). The second-order valence-electron chi connectivity index (χ2n) is 6.35. The van der Waals surface area contributed by atoms with Gasteiger partial charge in [-0.15, -0.1) is 0 Å². The fraction of sp³-hybridized carbons (Fsp3) is 0.0455. The zero-order valence-corrected chi connectivity index (χ0v) is 16.2. The number of halogens is 1. The molecule has 0 aliphatic rings. The molecule has 6 nitrogen and oxygen atoms in total. The molecule has 2 heterocycles. The molecule has 4 aromatic rings. The van der Waals surface area contributed by atoms with Crippen LogP contribution in [0.4, 0.5) is 0 Å². The Morgan fingerprint density at radius 1 is 0.931 bits per heavy atom. The Morgan fingerprint density at radius 2 is 1.62 bits per heavy atom. The molecule has 0 unspecified atom stereocenters. The quantitative estimate of drug-likeness (QED) is 0.490. The van der Waals surface area contributed by atoms with Crippen molar-refractivity contribution in [2.45, 2.75) is 6.92 Å². The largest absolute Gasteiger partial charge is 0.469 e. The van der Waals surface area contributed by atoms with Gasteiger partial charge < -0.3 is 4.42 Å². The summed E-state index contributed by atoms with van der Waals surface area (Å²) < 4.78 is 5.12. The van der Waals surface area contributed by atoms with Crippen LogP contribution in [0.1, 0.15) is 26.5 Å². The van der Waals surface area contributed by atoms with Crippen LogP contribution in [0.2, 0.25) is 5.02 Å². The van der Waals surface area contributed by atoms with Crippen LogP contribution < -0.4 is 10.9 Å². The van der Waals surface area contributed by atoms with Gasteiger partial charge in [-0.05, 0) is 31.2 Å². The first kappa shape index (κ1) is 18.7. The highest BCUT2D eigenvalue weighted by molar-refractivity contribution is 6.33. The second-order valence-corrected chi connectivity index (χ2v) is 6.76. The number of hydrazine groups is 1. The average Bonchev–Trinajstić information content (AvgIpc) is 3.17.